The summed E-state index contributed by atoms with van der Waals surface area (Å²) in [5.41, 5.74) is 14.6. The molecule has 4 aromatic heterocycles. The summed E-state index contributed by atoms with van der Waals surface area (Å²) >= 11 is 31.1. The molecule has 8 aromatic carbocycles. The molecule has 16 rings (SSSR count). The number of halogens is 8. The van der Waals surface area contributed by atoms with Crippen LogP contribution in [-0.4, -0.2) is 129 Å². The first-order valence-corrected chi connectivity index (χ1v) is 39.3. The van der Waals surface area contributed by atoms with E-state index in [2.05, 4.69) is 19.9 Å². The van der Waals surface area contributed by atoms with E-state index in [4.69, 9.17) is 86.4 Å². The number of aromatic amines is 4. The van der Waals surface area contributed by atoms with Gasteiger partial charge in [0.05, 0.1) is 44.7 Å². The third-order valence-corrected chi connectivity index (χ3v) is 21.4. The minimum atomic E-state index is -4.48. The van der Waals surface area contributed by atoms with Crippen LogP contribution in [0.4, 0.5) is 32.3 Å². The number of ether oxygens (including phenoxy) is 6. The molecule has 113 heavy (non-hydrogen) atoms. The molecule has 12 aromatic rings. The molecule has 0 bridgehead atoms. The summed E-state index contributed by atoms with van der Waals surface area (Å²) in [7, 11) is 3.28. The van der Waals surface area contributed by atoms with Gasteiger partial charge < -0.3 is 48.4 Å². The lowest BCUT2D eigenvalue weighted by Gasteiger charge is -2.36. The number of nitrogens with one attached hydrogen (secondary N) is 4. The molecule has 0 spiro atoms. The number of fused-ring (bicyclic) bond motifs is 12. The maximum atomic E-state index is 13.3. The van der Waals surface area contributed by atoms with Gasteiger partial charge in [0.2, 0.25) is 0 Å². The van der Waals surface area contributed by atoms with Gasteiger partial charge in [0.1, 0.15) is 35.7 Å². The molecule has 4 aliphatic rings. The highest BCUT2D eigenvalue weighted by atomic mass is 35.5. The predicted octanol–water partition coefficient (Wildman–Crippen LogP) is 22.9. The lowest BCUT2D eigenvalue weighted by molar-refractivity contribution is -0.137. The van der Waals surface area contributed by atoms with Crippen molar-refractivity contribution < 1.29 is 60.8 Å². The topological polar surface area (TPSA) is 200 Å². The first-order valence-electron chi connectivity index (χ1n) is 37.4. The Kier molecular flexibility index (Phi) is 24.8. The van der Waals surface area contributed by atoms with E-state index in [1.165, 1.54) is 27.7 Å². The molecule has 0 fully saturated rings. The molecule has 590 valence electrons. The van der Waals surface area contributed by atoms with Crippen molar-refractivity contribution in [2.24, 2.45) is 0 Å². The standard InChI is InChI=1S/C22H20ClF3N2O2.2C22H23ClN2O3.C21H20Cl2N2O2/c1-12(2)30-21(29)28-9-8-16-17-11-15(23)6-7-18(17)27-19(16)20(28)13-4-3-5-14(10-13)22(24,25)26;1-13(2)28-22(26)25-10-9-17-18-12-15(23)7-8-19(18)24-20(17)21(25)14-5-4-6-16(11-14)27-3;1-3-11-28-22(26)25-10-9-17-18-13-15(23)7-8-19(18)24-20(17)21(25)14-5-4-6-16(12-14)27-2;1-12(2)27-21(26)25-9-8-16-17-11-15(23)6-7-18(17)24-19(16)20(25)13-4-3-5-14(22)10-13/h3-7,10-12,20,27H,8-9H2,1-2H3;4-8,11-13,21,24H,9-10H2,1-3H3;4-8,12-13,21,24H,3,9-11H2,1-2H3;3-7,10-12,20,24H,8-9H2,1-2H3. The van der Waals surface area contributed by atoms with Gasteiger partial charge in [-0.15, -0.1) is 0 Å². The van der Waals surface area contributed by atoms with Crippen LogP contribution in [0.2, 0.25) is 25.1 Å². The van der Waals surface area contributed by atoms with Crippen LogP contribution < -0.4 is 9.47 Å². The Labute approximate surface area is 677 Å². The van der Waals surface area contributed by atoms with E-state index in [9.17, 15) is 32.3 Å². The fourth-order valence-corrected chi connectivity index (χ4v) is 16.4. The zero-order valence-corrected chi connectivity index (χ0v) is 67.5. The minimum Gasteiger partial charge on any atom is -0.497 e. The SMILES string of the molecule is CC(C)OC(=O)N1CCc2c([nH]c3ccc(Cl)cc23)C1c1cccc(C(F)(F)F)c1.CC(C)OC(=O)N1CCc2c([nH]c3ccc(Cl)cc23)C1c1cccc(Cl)c1.CCCOC(=O)N1CCc2c([nH]c3ccc(Cl)cc23)C1c1cccc(OC)c1.COc1cccc(C2c3[nH]c4ccc(Cl)cc4c3CCN2C(=O)OC(C)C)c1. The second-order valence-corrected chi connectivity index (χ2v) is 31.0. The van der Waals surface area contributed by atoms with Gasteiger partial charge in [0.25, 0.3) is 0 Å². The van der Waals surface area contributed by atoms with E-state index >= 15 is 0 Å². The molecular formula is C87H86Cl5F3N8O10. The summed E-state index contributed by atoms with van der Waals surface area (Å²) in [6.45, 7) is 15.3. The van der Waals surface area contributed by atoms with E-state index in [1.54, 1.807) is 54.9 Å². The maximum Gasteiger partial charge on any atom is 0.416 e. The van der Waals surface area contributed by atoms with Gasteiger partial charge in [-0.3, -0.25) is 19.6 Å². The number of alkyl halides is 3. The van der Waals surface area contributed by atoms with E-state index in [-0.39, 0.29) is 54.7 Å². The number of hydrogen-bond donors (Lipinski definition) is 4. The molecule has 4 unspecified atom stereocenters. The van der Waals surface area contributed by atoms with Crippen molar-refractivity contribution in [1.82, 2.24) is 39.5 Å². The summed E-state index contributed by atoms with van der Waals surface area (Å²) in [6.07, 6.45) is -3.12. The van der Waals surface area contributed by atoms with Crippen LogP contribution in [0.25, 0.3) is 43.6 Å². The molecule has 0 radical (unpaired) electrons. The van der Waals surface area contributed by atoms with Crippen molar-refractivity contribution in [3.05, 3.63) is 268 Å². The monoisotopic (exact) mass is 1630 g/mol. The van der Waals surface area contributed by atoms with E-state index < -0.39 is 23.9 Å². The number of amides is 4. The van der Waals surface area contributed by atoms with Gasteiger partial charge >= 0.3 is 30.5 Å². The minimum absolute atomic E-state index is 0.179. The van der Waals surface area contributed by atoms with Crippen molar-refractivity contribution in [3.63, 3.8) is 0 Å². The highest BCUT2D eigenvalue weighted by molar-refractivity contribution is 6.32. The Hall–Kier alpha value is -10.2. The quantitative estimate of drug-likeness (QED) is 0.0903. The summed E-state index contributed by atoms with van der Waals surface area (Å²) in [5.74, 6) is 1.51. The summed E-state index contributed by atoms with van der Waals surface area (Å²) in [6, 6.07) is 49.7. The van der Waals surface area contributed by atoms with Gasteiger partial charge in [-0.05, 0) is 239 Å². The van der Waals surface area contributed by atoms with Crippen molar-refractivity contribution in [2.45, 2.75) is 129 Å². The van der Waals surface area contributed by atoms with E-state index in [1.807, 2.05) is 174 Å². The molecular weight excluding hydrogens is 1550 g/mol. The third-order valence-electron chi connectivity index (χ3n) is 20.2. The lowest BCUT2D eigenvalue weighted by Crippen LogP contribution is -2.41. The maximum absolute atomic E-state index is 13.3. The average molecular weight is 1640 g/mol. The second kappa shape index (κ2) is 34.7. The molecule has 8 heterocycles. The van der Waals surface area contributed by atoms with Crippen LogP contribution in [0.5, 0.6) is 11.5 Å². The number of rotatable bonds is 11. The van der Waals surface area contributed by atoms with Crippen LogP contribution >= 0.6 is 58.0 Å². The molecule has 4 aliphatic heterocycles. The third kappa shape index (κ3) is 17.6. The predicted molar refractivity (Wildman–Crippen MR) is 438 cm³/mol. The van der Waals surface area contributed by atoms with Crippen LogP contribution in [-0.2, 0) is 50.8 Å². The molecule has 26 heteroatoms. The largest absolute Gasteiger partial charge is 0.497 e. The first kappa shape index (κ1) is 80.9. The number of hydrogen-bond acceptors (Lipinski definition) is 10. The van der Waals surface area contributed by atoms with Crippen LogP contribution in [0, 0.1) is 0 Å². The van der Waals surface area contributed by atoms with Crippen LogP contribution in [0.15, 0.2) is 170 Å². The Bertz CT molecular complexity index is 5500. The zero-order chi connectivity index (χ0) is 80.3. The molecule has 0 saturated heterocycles. The van der Waals surface area contributed by atoms with Crippen molar-refractivity contribution in [1.29, 1.82) is 0 Å². The molecule has 4 N–H and O–H groups in total. The molecule has 0 saturated carbocycles. The highest BCUT2D eigenvalue weighted by Crippen LogP contribution is 2.46. The number of H-pyrrole nitrogens is 4. The number of methoxy groups -OCH3 is 2. The highest BCUT2D eigenvalue weighted by Gasteiger charge is 2.42. The first-order chi connectivity index (χ1) is 54.2. The number of benzene rings is 8. The second-order valence-electron chi connectivity index (χ2n) is 28.9. The van der Waals surface area contributed by atoms with Gasteiger partial charge in [0, 0.05) is 118 Å². The fourth-order valence-electron chi connectivity index (χ4n) is 15.5. The number of aromatic nitrogens is 4. The molecule has 18 nitrogen and oxygen atoms in total. The van der Waals surface area contributed by atoms with E-state index in [0.717, 1.165) is 132 Å². The Morgan fingerprint density at radius 1 is 0.398 bits per heavy atom. The summed E-state index contributed by atoms with van der Waals surface area (Å²) in [4.78, 5) is 71.9. The average Bonchev–Trinajstić information content (AvgIpc) is 1.65. The van der Waals surface area contributed by atoms with Crippen LogP contribution in [0.3, 0.4) is 0 Å². The Morgan fingerprint density at radius 3 is 0.991 bits per heavy atom. The van der Waals surface area contributed by atoms with Gasteiger partial charge in [0.15, 0.2) is 0 Å². The number of carbonyl (C=O) groups excluding carboxylic acids is 4. The molecule has 4 amide bonds. The number of carbonyl (C=O) groups is 4. The van der Waals surface area contributed by atoms with Gasteiger partial charge in [-0.1, -0.05) is 113 Å². The normalized spacial score (nSPS) is 16.5. The Morgan fingerprint density at radius 2 is 0.690 bits per heavy atom. The fraction of sp³-hybridized carbons (Fsp3) is 0.310. The smallest absolute Gasteiger partial charge is 0.416 e. The van der Waals surface area contributed by atoms with E-state index in [0.29, 0.717) is 75.6 Å². The van der Waals surface area contributed by atoms with Crippen LogP contribution in [0.1, 0.15) is 152 Å². The summed E-state index contributed by atoms with van der Waals surface area (Å²) in [5, 5.41) is 7.53. The Balaban J connectivity index is 0.000000132. The van der Waals surface area contributed by atoms with Crippen molar-refractivity contribution in [3.8, 4) is 11.5 Å². The zero-order valence-electron chi connectivity index (χ0n) is 63.7. The lowest BCUT2D eigenvalue weighted by atomic mass is 9.92. The van der Waals surface area contributed by atoms with Crippen molar-refractivity contribution >= 4 is 126 Å². The van der Waals surface area contributed by atoms with Gasteiger partial charge in [-0.25, -0.2) is 19.2 Å². The number of nitrogens with zero attached hydrogens (tertiary/aromatic N) is 4. The summed E-state index contributed by atoms with van der Waals surface area (Å²) < 4.78 is 72.7. The van der Waals surface area contributed by atoms with Gasteiger partial charge in [-0.2, -0.15) is 13.2 Å². The molecule has 0 aliphatic carbocycles. The van der Waals surface area contributed by atoms with Crippen molar-refractivity contribution in [2.75, 3.05) is 47.0 Å². The molecule has 4 atom stereocenters.